The van der Waals surface area contributed by atoms with Gasteiger partial charge in [0.15, 0.2) is 0 Å². The molecular formula is C27H37N7O5S. The van der Waals surface area contributed by atoms with Crippen molar-refractivity contribution in [2.24, 2.45) is 0 Å². The minimum atomic E-state index is -3.88. The van der Waals surface area contributed by atoms with E-state index in [-0.39, 0.29) is 23.4 Å². The van der Waals surface area contributed by atoms with Gasteiger partial charge in [-0.1, -0.05) is 0 Å². The van der Waals surface area contributed by atoms with Gasteiger partial charge < -0.3 is 24.8 Å². The van der Waals surface area contributed by atoms with Gasteiger partial charge in [0.2, 0.25) is 15.9 Å². The number of sulfonamides is 1. The molecule has 4 aliphatic heterocycles. The van der Waals surface area contributed by atoms with Gasteiger partial charge in [-0.2, -0.15) is 4.31 Å². The number of urea groups is 1. The number of nitrogens with zero attached hydrogens (tertiary/aromatic N) is 6. The number of pyridine rings is 1. The number of amides is 3. The van der Waals surface area contributed by atoms with Gasteiger partial charge in [-0.05, 0) is 38.1 Å². The van der Waals surface area contributed by atoms with Gasteiger partial charge in [0.1, 0.15) is 5.54 Å². The summed E-state index contributed by atoms with van der Waals surface area (Å²) in [6.45, 7) is 6.59. The zero-order chi connectivity index (χ0) is 27.9. The number of carbonyl (C=O) groups is 2. The summed E-state index contributed by atoms with van der Waals surface area (Å²) in [6.07, 6.45) is 4.58. The smallest absolute Gasteiger partial charge is 0.320 e. The van der Waals surface area contributed by atoms with E-state index in [1.807, 2.05) is 27.8 Å². The number of ether oxygens (including phenoxy) is 1. The number of piperazine rings is 2. The first-order valence-electron chi connectivity index (χ1n) is 14.0. The Bertz CT molecular complexity index is 1390. The van der Waals surface area contributed by atoms with E-state index in [0.29, 0.717) is 90.3 Å². The maximum absolute atomic E-state index is 14.1. The van der Waals surface area contributed by atoms with E-state index in [4.69, 9.17) is 4.74 Å². The molecule has 0 radical (unpaired) electrons. The highest BCUT2D eigenvalue weighted by molar-refractivity contribution is 7.89. The topological polar surface area (TPSA) is 119 Å². The zero-order valence-corrected chi connectivity index (χ0v) is 23.7. The predicted octanol–water partition coefficient (Wildman–Crippen LogP) is 0.394. The van der Waals surface area contributed by atoms with Crippen molar-refractivity contribution in [2.45, 2.75) is 23.3 Å². The van der Waals surface area contributed by atoms with E-state index in [1.165, 1.54) is 4.31 Å². The van der Waals surface area contributed by atoms with Crippen molar-refractivity contribution >= 4 is 38.4 Å². The average Bonchev–Trinajstić information content (AvgIpc) is 3.00. The lowest BCUT2D eigenvalue weighted by atomic mass is 9.86. The lowest BCUT2D eigenvalue weighted by Crippen LogP contribution is -2.69. The molecule has 1 spiro atoms. The molecule has 40 heavy (non-hydrogen) atoms. The minimum absolute atomic E-state index is 0.0486. The van der Waals surface area contributed by atoms with Crippen molar-refractivity contribution in [3.63, 3.8) is 0 Å². The molecule has 0 bridgehead atoms. The molecule has 1 atom stereocenters. The molecule has 1 unspecified atom stereocenters. The van der Waals surface area contributed by atoms with Crippen LogP contribution in [0.1, 0.15) is 12.8 Å². The molecule has 1 aromatic heterocycles. The van der Waals surface area contributed by atoms with Crippen LogP contribution in [0.5, 0.6) is 0 Å². The Balaban J connectivity index is 1.24. The standard InChI is InChI=1S/C27H37N7O5S/c1-30-10-8-29-25(35)27(30)6-2-9-34(20-27)40(37,38)24-4-3-23(22-19-28-7-5-21(22)24)31-11-13-32(14-12-31)26(36)33-15-17-39-18-16-33/h3-5,7,19H,2,6,8-18,20H2,1H3,(H,29,35). The van der Waals surface area contributed by atoms with Crippen molar-refractivity contribution in [3.8, 4) is 0 Å². The molecule has 1 N–H and O–H groups in total. The van der Waals surface area contributed by atoms with E-state index < -0.39 is 15.6 Å². The molecule has 0 aliphatic carbocycles. The van der Waals surface area contributed by atoms with Crippen molar-refractivity contribution in [1.29, 1.82) is 0 Å². The highest BCUT2D eigenvalue weighted by Gasteiger charge is 2.49. The highest BCUT2D eigenvalue weighted by Crippen LogP contribution is 2.36. The summed E-state index contributed by atoms with van der Waals surface area (Å²) in [6, 6.07) is 5.34. The molecule has 4 aliphatic rings. The number of nitrogens with one attached hydrogen (secondary N) is 1. The molecule has 1 aromatic carbocycles. The van der Waals surface area contributed by atoms with Gasteiger partial charge in [0.05, 0.1) is 18.1 Å². The molecule has 5 heterocycles. The van der Waals surface area contributed by atoms with Gasteiger partial charge in [-0.3, -0.25) is 14.7 Å². The average molecular weight is 572 g/mol. The fourth-order valence-electron chi connectivity index (χ4n) is 6.47. The van der Waals surface area contributed by atoms with E-state index in [9.17, 15) is 18.0 Å². The first-order chi connectivity index (χ1) is 19.3. The maximum Gasteiger partial charge on any atom is 0.320 e. The van der Waals surface area contributed by atoms with Gasteiger partial charge in [0.25, 0.3) is 0 Å². The van der Waals surface area contributed by atoms with Crippen molar-refractivity contribution in [3.05, 3.63) is 30.6 Å². The fraction of sp³-hybridized carbons (Fsp3) is 0.593. The van der Waals surface area contributed by atoms with Crippen LogP contribution in [0.25, 0.3) is 10.8 Å². The first-order valence-corrected chi connectivity index (χ1v) is 15.5. The Morgan fingerprint density at radius 2 is 1.73 bits per heavy atom. The lowest BCUT2D eigenvalue weighted by Gasteiger charge is -2.48. The quantitative estimate of drug-likeness (QED) is 0.563. The Kier molecular flexibility index (Phi) is 7.32. The molecule has 4 saturated heterocycles. The van der Waals surface area contributed by atoms with Crippen molar-refractivity contribution in [2.75, 3.05) is 90.6 Å². The summed E-state index contributed by atoms with van der Waals surface area (Å²) >= 11 is 0. The van der Waals surface area contributed by atoms with Crippen LogP contribution in [-0.4, -0.2) is 136 Å². The summed E-state index contributed by atoms with van der Waals surface area (Å²) in [4.78, 5) is 38.4. The van der Waals surface area contributed by atoms with E-state index in [0.717, 1.165) is 11.1 Å². The number of hydrogen-bond donors (Lipinski definition) is 1. The second kappa shape index (κ2) is 10.8. The van der Waals surface area contributed by atoms with Crippen LogP contribution in [0.15, 0.2) is 35.5 Å². The number of hydrogen-bond acceptors (Lipinski definition) is 8. The normalized spacial score (nSPS) is 25.4. The summed E-state index contributed by atoms with van der Waals surface area (Å²) in [5.41, 5.74) is 0.0566. The van der Waals surface area contributed by atoms with E-state index in [2.05, 4.69) is 15.2 Å². The highest BCUT2D eigenvalue weighted by atomic mass is 32.2. The molecule has 12 nitrogen and oxygen atoms in total. The van der Waals surface area contributed by atoms with Crippen LogP contribution in [-0.2, 0) is 19.6 Å². The Labute approximate surface area is 234 Å². The largest absolute Gasteiger partial charge is 0.378 e. The third kappa shape index (κ3) is 4.68. The van der Waals surface area contributed by atoms with Gasteiger partial charge in [-0.25, -0.2) is 13.2 Å². The SMILES string of the molecule is CN1CCNC(=O)C12CCCN(S(=O)(=O)c1ccc(N3CCN(C(=O)N4CCOCC4)CC3)c3cnccc13)C2. The Hall–Kier alpha value is -3.00. The van der Waals surface area contributed by atoms with E-state index in [1.54, 1.807) is 24.5 Å². The number of piperidine rings is 1. The number of likely N-dealkylation sites (N-methyl/N-ethyl adjacent to an activating group) is 1. The Morgan fingerprint density at radius 1 is 0.975 bits per heavy atom. The number of rotatable bonds is 3. The summed E-state index contributed by atoms with van der Waals surface area (Å²) in [5, 5.41) is 4.31. The lowest BCUT2D eigenvalue weighted by molar-refractivity contribution is -0.139. The third-order valence-corrected chi connectivity index (χ3v) is 10.8. The molecule has 3 amide bonds. The monoisotopic (exact) mass is 571 g/mol. The van der Waals surface area contributed by atoms with Crippen molar-refractivity contribution in [1.82, 2.24) is 29.3 Å². The number of morpholine rings is 1. The van der Waals surface area contributed by atoms with Gasteiger partial charge in [0, 0.05) is 94.3 Å². The summed E-state index contributed by atoms with van der Waals surface area (Å²) in [7, 11) is -1.98. The number of fused-ring (bicyclic) bond motifs is 1. The van der Waals surface area contributed by atoms with E-state index >= 15 is 0 Å². The molecule has 2 aromatic rings. The zero-order valence-electron chi connectivity index (χ0n) is 22.9. The van der Waals surface area contributed by atoms with Crippen LogP contribution in [0.4, 0.5) is 10.5 Å². The molecular weight excluding hydrogens is 534 g/mol. The van der Waals surface area contributed by atoms with Crippen LogP contribution in [0, 0.1) is 0 Å². The number of benzene rings is 1. The first kappa shape index (κ1) is 27.2. The second-order valence-electron chi connectivity index (χ2n) is 11.0. The van der Waals surface area contributed by atoms with Crippen LogP contribution >= 0.6 is 0 Å². The van der Waals surface area contributed by atoms with Gasteiger partial charge in [-0.15, -0.1) is 0 Å². The van der Waals surface area contributed by atoms with Crippen LogP contribution in [0.3, 0.4) is 0 Å². The molecule has 0 saturated carbocycles. The molecule has 4 fully saturated rings. The number of carbonyl (C=O) groups excluding carboxylic acids is 2. The molecule has 216 valence electrons. The minimum Gasteiger partial charge on any atom is -0.378 e. The summed E-state index contributed by atoms with van der Waals surface area (Å²) in [5.74, 6) is -0.100. The second-order valence-corrected chi connectivity index (χ2v) is 12.9. The number of aromatic nitrogens is 1. The van der Waals surface area contributed by atoms with Gasteiger partial charge >= 0.3 is 6.03 Å². The third-order valence-electron chi connectivity index (χ3n) is 8.87. The summed E-state index contributed by atoms with van der Waals surface area (Å²) < 4.78 is 35.0. The van der Waals surface area contributed by atoms with Crippen molar-refractivity contribution < 1.29 is 22.7 Å². The molecule has 6 rings (SSSR count). The fourth-order valence-corrected chi connectivity index (χ4v) is 8.20. The Morgan fingerprint density at radius 3 is 2.48 bits per heavy atom. The van der Waals surface area contributed by atoms with Crippen LogP contribution in [0.2, 0.25) is 0 Å². The molecule has 13 heteroatoms. The van der Waals surface area contributed by atoms with Crippen LogP contribution < -0.4 is 10.2 Å². The predicted molar refractivity (Wildman–Crippen MR) is 150 cm³/mol. The maximum atomic E-state index is 14.1. The number of anilines is 1.